The average Bonchev–Trinajstić information content (AvgIpc) is 3.29. The standard InChI is InChI=1S/C28H21NS/c1-18-19(2)29(26-15-5-3-11-22(18)26)21-10-7-9-20(17-21)23-13-8-14-25-24-12-4-6-16-27(24)30-28(23)25/h3-17H,1-2H3. The van der Waals surface area contributed by atoms with E-state index in [9.17, 15) is 0 Å². The summed E-state index contributed by atoms with van der Waals surface area (Å²) in [6.07, 6.45) is 0. The molecule has 6 aromatic rings. The van der Waals surface area contributed by atoms with Gasteiger partial charge in [-0.05, 0) is 54.8 Å². The average molecular weight is 404 g/mol. The number of fused-ring (bicyclic) bond motifs is 4. The van der Waals surface area contributed by atoms with E-state index in [1.54, 1.807) is 0 Å². The van der Waals surface area contributed by atoms with Crippen LogP contribution in [0.15, 0.2) is 91.0 Å². The Hall–Kier alpha value is -3.36. The van der Waals surface area contributed by atoms with E-state index in [-0.39, 0.29) is 0 Å². The molecule has 2 heteroatoms. The lowest BCUT2D eigenvalue weighted by atomic mass is 10.0. The highest BCUT2D eigenvalue weighted by molar-refractivity contribution is 7.26. The Balaban J connectivity index is 1.60. The number of benzene rings is 4. The molecule has 6 rings (SSSR count). The molecular weight excluding hydrogens is 382 g/mol. The molecule has 0 saturated heterocycles. The highest BCUT2D eigenvalue weighted by Gasteiger charge is 2.14. The van der Waals surface area contributed by atoms with Crippen LogP contribution in [0.3, 0.4) is 0 Å². The maximum atomic E-state index is 2.39. The summed E-state index contributed by atoms with van der Waals surface area (Å²) in [5.41, 5.74) is 7.70. The van der Waals surface area contributed by atoms with Crippen LogP contribution in [-0.2, 0) is 0 Å². The van der Waals surface area contributed by atoms with Gasteiger partial charge in [-0.1, -0.05) is 66.7 Å². The van der Waals surface area contributed by atoms with Crippen LogP contribution in [0.2, 0.25) is 0 Å². The summed E-state index contributed by atoms with van der Waals surface area (Å²) in [6.45, 7) is 4.44. The van der Waals surface area contributed by atoms with Crippen LogP contribution in [0.25, 0.3) is 47.9 Å². The summed E-state index contributed by atoms with van der Waals surface area (Å²) in [5, 5.41) is 4.02. The Morgan fingerprint density at radius 1 is 0.667 bits per heavy atom. The molecule has 0 spiro atoms. The zero-order chi connectivity index (χ0) is 20.2. The number of rotatable bonds is 2. The number of hydrogen-bond acceptors (Lipinski definition) is 1. The molecule has 0 aliphatic rings. The van der Waals surface area contributed by atoms with Crippen molar-refractivity contribution < 1.29 is 0 Å². The number of thiophene rings is 1. The van der Waals surface area contributed by atoms with E-state index in [0.717, 1.165) is 0 Å². The van der Waals surface area contributed by atoms with Crippen molar-refractivity contribution in [2.24, 2.45) is 0 Å². The van der Waals surface area contributed by atoms with Crippen molar-refractivity contribution >= 4 is 42.4 Å². The molecule has 1 nitrogen and oxygen atoms in total. The zero-order valence-electron chi connectivity index (χ0n) is 17.0. The highest BCUT2D eigenvalue weighted by Crippen LogP contribution is 2.40. The normalized spacial score (nSPS) is 11.7. The summed E-state index contributed by atoms with van der Waals surface area (Å²) in [4.78, 5) is 0. The molecule has 2 heterocycles. The number of aryl methyl sites for hydroxylation is 1. The van der Waals surface area contributed by atoms with Gasteiger partial charge in [0.2, 0.25) is 0 Å². The van der Waals surface area contributed by atoms with E-state index >= 15 is 0 Å². The van der Waals surface area contributed by atoms with Crippen LogP contribution < -0.4 is 0 Å². The molecule has 0 aliphatic heterocycles. The topological polar surface area (TPSA) is 4.93 Å². The minimum absolute atomic E-state index is 1.22. The Bertz CT molecular complexity index is 1560. The van der Waals surface area contributed by atoms with Crippen LogP contribution in [0.4, 0.5) is 0 Å². The number of aromatic nitrogens is 1. The molecule has 0 unspecified atom stereocenters. The third-order valence-corrected chi connectivity index (χ3v) is 7.47. The van der Waals surface area contributed by atoms with Gasteiger partial charge in [0.1, 0.15) is 0 Å². The van der Waals surface area contributed by atoms with Gasteiger partial charge in [-0.25, -0.2) is 0 Å². The molecule has 0 N–H and O–H groups in total. The lowest BCUT2D eigenvalue weighted by molar-refractivity contribution is 1.04. The van der Waals surface area contributed by atoms with Crippen molar-refractivity contribution in [3.05, 3.63) is 102 Å². The molecule has 4 aromatic carbocycles. The fourth-order valence-electron chi connectivity index (χ4n) is 4.65. The van der Waals surface area contributed by atoms with Crippen molar-refractivity contribution in [3.63, 3.8) is 0 Å². The summed E-state index contributed by atoms with van der Waals surface area (Å²) >= 11 is 1.89. The van der Waals surface area contributed by atoms with Crippen LogP contribution in [-0.4, -0.2) is 4.57 Å². The van der Waals surface area contributed by atoms with Crippen molar-refractivity contribution in [3.8, 4) is 16.8 Å². The molecule has 2 aromatic heterocycles. The summed E-state index contributed by atoms with van der Waals surface area (Å²) < 4.78 is 5.10. The SMILES string of the molecule is Cc1c(C)n(-c2cccc(-c3cccc4c3sc3ccccc34)c2)c2ccccc12. The van der Waals surface area contributed by atoms with Crippen molar-refractivity contribution in [2.45, 2.75) is 13.8 Å². The Labute approximate surface area is 179 Å². The van der Waals surface area contributed by atoms with E-state index in [1.165, 1.54) is 59.1 Å². The first kappa shape index (κ1) is 17.5. The molecule has 0 saturated carbocycles. The minimum atomic E-state index is 1.22. The number of para-hydroxylation sites is 1. The van der Waals surface area contributed by atoms with E-state index in [2.05, 4.69) is 109 Å². The van der Waals surface area contributed by atoms with Crippen LogP contribution >= 0.6 is 11.3 Å². The van der Waals surface area contributed by atoms with E-state index < -0.39 is 0 Å². The zero-order valence-corrected chi connectivity index (χ0v) is 17.8. The molecular formula is C28H21NS. The molecule has 0 fully saturated rings. The fourth-order valence-corrected chi connectivity index (χ4v) is 5.89. The monoisotopic (exact) mass is 403 g/mol. The second kappa shape index (κ2) is 6.58. The van der Waals surface area contributed by atoms with Crippen LogP contribution in [0.5, 0.6) is 0 Å². The first-order valence-corrected chi connectivity index (χ1v) is 11.1. The molecule has 0 bridgehead atoms. The molecule has 30 heavy (non-hydrogen) atoms. The van der Waals surface area contributed by atoms with Gasteiger partial charge in [-0.15, -0.1) is 11.3 Å². The molecule has 0 radical (unpaired) electrons. The van der Waals surface area contributed by atoms with Gasteiger partial charge in [0, 0.05) is 36.9 Å². The molecule has 144 valence electrons. The number of hydrogen-bond donors (Lipinski definition) is 0. The maximum absolute atomic E-state index is 2.39. The number of nitrogens with zero attached hydrogens (tertiary/aromatic N) is 1. The second-order valence-corrected chi connectivity index (χ2v) is 8.95. The summed E-state index contributed by atoms with van der Waals surface area (Å²) in [5.74, 6) is 0. The van der Waals surface area contributed by atoms with Gasteiger partial charge in [0.05, 0.1) is 5.52 Å². The smallest absolute Gasteiger partial charge is 0.0534 e. The third-order valence-electron chi connectivity index (χ3n) is 6.25. The minimum Gasteiger partial charge on any atom is -0.314 e. The van der Waals surface area contributed by atoms with E-state index in [1.807, 2.05) is 11.3 Å². The lowest BCUT2D eigenvalue weighted by Crippen LogP contribution is -1.97. The van der Waals surface area contributed by atoms with E-state index in [0.29, 0.717) is 0 Å². The molecule has 0 aliphatic carbocycles. The summed E-state index contributed by atoms with van der Waals surface area (Å²) in [6, 6.07) is 33.0. The second-order valence-electron chi connectivity index (χ2n) is 7.89. The Morgan fingerprint density at radius 2 is 1.40 bits per heavy atom. The largest absolute Gasteiger partial charge is 0.314 e. The highest BCUT2D eigenvalue weighted by atomic mass is 32.1. The van der Waals surface area contributed by atoms with Gasteiger partial charge >= 0.3 is 0 Å². The van der Waals surface area contributed by atoms with Crippen molar-refractivity contribution in [1.82, 2.24) is 4.57 Å². The fraction of sp³-hybridized carbons (Fsp3) is 0.0714. The molecule has 0 amide bonds. The predicted molar refractivity (Wildman–Crippen MR) is 131 cm³/mol. The Morgan fingerprint density at radius 3 is 2.30 bits per heavy atom. The van der Waals surface area contributed by atoms with Gasteiger partial charge in [0.15, 0.2) is 0 Å². The third kappa shape index (κ3) is 2.47. The van der Waals surface area contributed by atoms with Crippen molar-refractivity contribution in [1.29, 1.82) is 0 Å². The van der Waals surface area contributed by atoms with Gasteiger partial charge < -0.3 is 4.57 Å². The molecule has 0 atom stereocenters. The Kier molecular flexibility index (Phi) is 3.84. The van der Waals surface area contributed by atoms with Gasteiger partial charge in [-0.2, -0.15) is 0 Å². The van der Waals surface area contributed by atoms with Gasteiger partial charge in [0.25, 0.3) is 0 Å². The predicted octanol–water partition coefficient (Wildman–Crippen LogP) is 8.28. The van der Waals surface area contributed by atoms with Crippen molar-refractivity contribution in [2.75, 3.05) is 0 Å². The maximum Gasteiger partial charge on any atom is 0.0534 e. The first-order valence-electron chi connectivity index (χ1n) is 10.3. The van der Waals surface area contributed by atoms with E-state index in [4.69, 9.17) is 0 Å². The lowest BCUT2D eigenvalue weighted by Gasteiger charge is -2.11. The van der Waals surface area contributed by atoms with Crippen LogP contribution in [0, 0.1) is 13.8 Å². The van der Waals surface area contributed by atoms with Crippen LogP contribution in [0.1, 0.15) is 11.3 Å². The quantitative estimate of drug-likeness (QED) is 0.274. The van der Waals surface area contributed by atoms with Gasteiger partial charge in [-0.3, -0.25) is 0 Å². The summed E-state index contributed by atoms with van der Waals surface area (Å²) in [7, 11) is 0. The first-order chi connectivity index (χ1) is 14.7.